The van der Waals surface area contributed by atoms with Crippen molar-refractivity contribution in [3.05, 3.63) is 93.5 Å². The van der Waals surface area contributed by atoms with E-state index in [0.29, 0.717) is 41.1 Å². The molecule has 0 fully saturated rings. The first-order chi connectivity index (χ1) is 15.4. The molecule has 1 amide bonds. The lowest BCUT2D eigenvalue weighted by Gasteiger charge is -2.08. The molecule has 4 aromatic rings. The molecule has 1 N–H and O–H groups in total. The highest BCUT2D eigenvalue weighted by Gasteiger charge is 2.14. The summed E-state index contributed by atoms with van der Waals surface area (Å²) < 4.78 is 12.7. The smallest absolute Gasteiger partial charge is 0.257 e. The van der Waals surface area contributed by atoms with Crippen LogP contribution in [0.15, 0.2) is 59.3 Å². The molecule has 0 spiro atoms. The van der Waals surface area contributed by atoms with Crippen LogP contribution in [-0.2, 0) is 13.2 Å². The van der Waals surface area contributed by atoms with Crippen molar-refractivity contribution < 1.29 is 14.1 Å². The van der Waals surface area contributed by atoms with E-state index in [4.69, 9.17) is 20.9 Å². The van der Waals surface area contributed by atoms with Crippen molar-refractivity contribution in [1.29, 1.82) is 0 Å². The number of hydrogen-bond acceptors (Lipinski definition) is 5. The average molecular weight is 451 g/mol. The van der Waals surface area contributed by atoms with Crippen molar-refractivity contribution in [1.82, 2.24) is 14.9 Å². The normalized spacial score (nSPS) is 10.9. The summed E-state index contributed by atoms with van der Waals surface area (Å²) in [6, 6.07) is 15.1. The lowest BCUT2D eigenvalue weighted by atomic mass is 10.1. The molecule has 4 rings (SSSR count). The number of aryl methyl sites for hydroxylation is 3. The summed E-state index contributed by atoms with van der Waals surface area (Å²) >= 11 is 6.30. The van der Waals surface area contributed by atoms with Gasteiger partial charge < -0.3 is 14.6 Å². The number of ether oxygens (including phenoxy) is 1. The number of aromatic nitrogens is 3. The summed E-state index contributed by atoms with van der Waals surface area (Å²) in [6.07, 6.45) is 1.69. The highest BCUT2D eigenvalue weighted by Crippen LogP contribution is 2.23. The van der Waals surface area contributed by atoms with Crippen LogP contribution in [0.3, 0.4) is 0 Å². The number of halogens is 1. The minimum absolute atomic E-state index is 0.307. The van der Waals surface area contributed by atoms with Crippen molar-refractivity contribution in [3.8, 4) is 5.75 Å². The van der Waals surface area contributed by atoms with Crippen LogP contribution in [0.4, 0.5) is 5.82 Å². The van der Waals surface area contributed by atoms with E-state index in [-0.39, 0.29) is 5.91 Å². The number of hydrogen-bond donors (Lipinski definition) is 1. The molecular weight excluding hydrogens is 428 g/mol. The first kappa shape index (κ1) is 21.6. The third-order valence-electron chi connectivity index (χ3n) is 5.07. The summed E-state index contributed by atoms with van der Waals surface area (Å²) in [5.41, 5.74) is 4.40. The predicted molar refractivity (Wildman–Crippen MR) is 122 cm³/mol. The Balaban J connectivity index is 1.42. The zero-order chi connectivity index (χ0) is 22.7. The number of rotatable bonds is 7. The lowest BCUT2D eigenvalue weighted by Crippen LogP contribution is -2.13. The number of amides is 1. The van der Waals surface area contributed by atoms with Gasteiger partial charge in [-0.1, -0.05) is 52.7 Å². The quantitative estimate of drug-likeness (QED) is 0.411. The molecule has 0 aliphatic carbocycles. The number of anilines is 1. The van der Waals surface area contributed by atoms with Crippen LogP contribution in [0, 0.1) is 20.8 Å². The summed E-state index contributed by atoms with van der Waals surface area (Å²) in [5, 5.41) is 11.5. The van der Waals surface area contributed by atoms with Crippen LogP contribution in [0.5, 0.6) is 5.75 Å². The lowest BCUT2D eigenvalue weighted by molar-refractivity contribution is 0.102. The molecule has 0 unspecified atom stereocenters. The molecule has 2 aromatic heterocycles. The van der Waals surface area contributed by atoms with Crippen LogP contribution in [0.1, 0.15) is 38.5 Å². The molecule has 0 saturated carbocycles. The second-order valence-electron chi connectivity index (χ2n) is 7.58. The van der Waals surface area contributed by atoms with E-state index in [2.05, 4.69) is 15.6 Å². The molecule has 0 atom stereocenters. The number of nitrogens with one attached hydrogen (secondary N) is 1. The van der Waals surface area contributed by atoms with Gasteiger partial charge in [0, 0.05) is 11.8 Å². The highest BCUT2D eigenvalue weighted by atomic mass is 35.5. The van der Waals surface area contributed by atoms with Crippen LogP contribution < -0.4 is 10.1 Å². The molecule has 0 bridgehead atoms. The van der Waals surface area contributed by atoms with Gasteiger partial charge in [0.25, 0.3) is 5.91 Å². The summed E-state index contributed by atoms with van der Waals surface area (Å²) in [4.78, 5) is 12.8. The van der Waals surface area contributed by atoms with Crippen molar-refractivity contribution in [2.45, 2.75) is 33.9 Å². The minimum Gasteiger partial charge on any atom is -0.489 e. The Morgan fingerprint density at radius 2 is 1.94 bits per heavy atom. The van der Waals surface area contributed by atoms with Gasteiger partial charge in [0.05, 0.1) is 17.8 Å². The van der Waals surface area contributed by atoms with Crippen LogP contribution in [0.2, 0.25) is 5.02 Å². The van der Waals surface area contributed by atoms with E-state index in [1.165, 1.54) is 5.56 Å². The van der Waals surface area contributed by atoms with Crippen molar-refractivity contribution in [3.63, 3.8) is 0 Å². The number of carbonyl (C=O) groups excluding carboxylic acids is 1. The standard InChI is InChI=1S/C24H23ClN4O3/c1-15-7-9-18(10-8-15)12-29-13-22(25)23(27-29)26-24(30)19-5-4-6-20(11-19)31-14-21-16(2)28-32-17(21)3/h4-11,13H,12,14H2,1-3H3,(H,26,27,30). The van der Waals surface area contributed by atoms with Crippen molar-refractivity contribution in [2.75, 3.05) is 5.32 Å². The van der Waals surface area contributed by atoms with Crippen molar-refractivity contribution in [2.24, 2.45) is 0 Å². The maximum Gasteiger partial charge on any atom is 0.257 e. The Labute approximate surface area is 190 Å². The Morgan fingerprint density at radius 3 is 2.66 bits per heavy atom. The third kappa shape index (κ3) is 5.00. The number of benzene rings is 2. The zero-order valence-electron chi connectivity index (χ0n) is 18.1. The van der Waals surface area contributed by atoms with Crippen LogP contribution in [0.25, 0.3) is 0 Å². The molecule has 0 aliphatic heterocycles. The molecule has 2 heterocycles. The van der Waals surface area contributed by atoms with Crippen LogP contribution >= 0.6 is 11.6 Å². The van der Waals surface area contributed by atoms with E-state index in [1.54, 1.807) is 35.1 Å². The Hall–Kier alpha value is -3.58. The Bertz CT molecular complexity index is 1230. The van der Waals surface area contributed by atoms with Gasteiger partial charge in [0.1, 0.15) is 23.1 Å². The molecule has 0 aliphatic rings. The number of carbonyl (C=O) groups is 1. The molecule has 32 heavy (non-hydrogen) atoms. The van der Waals surface area contributed by atoms with E-state index < -0.39 is 0 Å². The highest BCUT2D eigenvalue weighted by molar-refractivity contribution is 6.33. The summed E-state index contributed by atoms with van der Waals surface area (Å²) in [6.45, 7) is 6.60. The van der Waals surface area contributed by atoms with E-state index >= 15 is 0 Å². The Morgan fingerprint density at radius 1 is 1.16 bits per heavy atom. The molecule has 0 radical (unpaired) electrons. The molecular formula is C24H23ClN4O3. The van der Waals surface area contributed by atoms with E-state index in [0.717, 1.165) is 16.8 Å². The number of nitrogens with zero attached hydrogens (tertiary/aromatic N) is 3. The molecule has 2 aromatic carbocycles. The molecule has 0 saturated heterocycles. The Kier molecular flexibility index (Phi) is 6.28. The zero-order valence-corrected chi connectivity index (χ0v) is 18.8. The first-order valence-electron chi connectivity index (χ1n) is 10.1. The maximum absolute atomic E-state index is 12.8. The topological polar surface area (TPSA) is 82.2 Å². The van der Waals surface area contributed by atoms with Gasteiger partial charge in [0.2, 0.25) is 0 Å². The van der Waals surface area contributed by atoms with Gasteiger partial charge in [-0.05, 0) is 44.5 Å². The van der Waals surface area contributed by atoms with Gasteiger partial charge in [-0.25, -0.2) is 0 Å². The van der Waals surface area contributed by atoms with Gasteiger partial charge in [0.15, 0.2) is 5.82 Å². The van der Waals surface area contributed by atoms with Crippen LogP contribution in [-0.4, -0.2) is 20.8 Å². The van der Waals surface area contributed by atoms with E-state index in [9.17, 15) is 4.79 Å². The second-order valence-corrected chi connectivity index (χ2v) is 7.99. The fourth-order valence-electron chi connectivity index (χ4n) is 3.21. The summed E-state index contributed by atoms with van der Waals surface area (Å²) in [5.74, 6) is 1.27. The van der Waals surface area contributed by atoms with Gasteiger partial charge in [-0.2, -0.15) is 5.10 Å². The monoisotopic (exact) mass is 450 g/mol. The van der Waals surface area contributed by atoms with Gasteiger partial charge in [-0.3, -0.25) is 9.48 Å². The molecule has 164 valence electrons. The fraction of sp³-hybridized carbons (Fsp3) is 0.208. The third-order valence-corrected chi connectivity index (χ3v) is 5.35. The average Bonchev–Trinajstić information content (AvgIpc) is 3.29. The van der Waals surface area contributed by atoms with Gasteiger partial charge in [-0.15, -0.1) is 0 Å². The molecule has 8 heteroatoms. The second kappa shape index (κ2) is 9.28. The fourth-order valence-corrected chi connectivity index (χ4v) is 3.41. The predicted octanol–water partition coefficient (Wildman–Crippen LogP) is 5.33. The molecule has 7 nitrogen and oxygen atoms in total. The van der Waals surface area contributed by atoms with Gasteiger partial charge >= 0.3 is 0 Å². The SMILES string of the molecule is Cc1ccc(Cn2cc(Cl)c(NC(=O)c3cccc(OCc4c(C)noc4C)c3)n2)cc1. The first-order valence-corrected chi connectivity index (χ1v) is 10.5. The maximum atomic E-state index is 12.8. The minimum atomic E-state index is -0.324. The largest absolute Gasteiger partial charge is 0.489 e. The van der Waals surface area contributed by atoms with Crippen molar-refractivity contribution >= 4 is 23.3 Å². The van der Waals surface area contributed by atoms with E-state index in [1.807, 2.05) is 45.0 Å². The summed E-state index contributed by atoms with van der Waals surface area (Å²) in [7, 11) is 0.